The quantitative estimate of drug-likeness (QED) is 0.786. The van der Waals surface area contributed by atoms with Gasteiger partial charge in [-0.05, 0) is 13.3 Å². The first-order valence-electron chi connectivity index (χ1n) is 3.98. The van der Waals surface area contributed by atoms with E-state index >= 15 is 0 Å². The summed E-state index contributed by atoms with van der Waals surface area (Å²) in [7, 11) is 0. The smallest absolute Gasteiger partial charge is 0.174 e. The van der Waals surface area contributed by atoms with Gasteiger partial charge in [0.25, 0.3) is 0 Å². The van der Waals surface area contributed by atoms with E-state index in [1.165, 1.54) is 6.20 Å². The van der Waals surface area contributed by atoms with Gasteiger partial charge in [0.1, 0.15) is 5.02 Å². The van der Waals surface area contributed by atoms with Gasteiger partial charge >= 0.3 is 0 Å². The van der Waals surface area contributed by atoms with Crippen molar-refractivity contribution in [1.29, 1.82) is 0 Å². The largest absolute Gasteiger partial charge is 0.487 e. The monoisotopic (exact) mass is 220 g/mol. The number of ether oxygens (including phenoxy) is 1. The van der Waals surface area contributed by atoms with E-state index in [9.17, 15) is 0 Å². The predicted octanol–water partition coefficient (Wildman–Crippen LogP) is 2.96. The van der Waals surface area contributed by atoms with Gasteiger partial charge in [-0.2, -0.15) is 5.10 Å². The second-order valence-electron chi connectivity index (χ2n) is 2.65. The summed E-state index contributed by atoms with van der Waals surface area (Å²) in [6.45, 7) is 3.97. The summed E-state index contributed by atoms with van der Waals surface area (Å²) in [6.07, 6.45) is 2.45. The van der Waals surface area contributed by atoms with Crippen molar-refractivity contribution in [3.8, 4) is 5.75 Å². The molecule has 0 aliphatic heterocycles. The minimum atomic E-state index is 0.0952. The molecular weight excluding hydrogens is 211 g/mol. The van der Waals surface area contributed by atoms with Gasteiger partial charge in [-0.1, -0.05) is 30.1 Å². The Kier molecular flexibility index (Phi) is 3.75. The molecule has 1 heterocycles. The molecule has 0 aliphatic carbocycles. The molecule has 0 bridgehead atoms. The van der Waals surface area contributed by atoms with Gasteiger partial charge in [0.2, 0.25) is 0 Å². The van der Waals surface area contributed by atoms with Gasteiger partial charge in [-0.3, -0.25) is 0 Å². The Bertz CT molecular complexity index is 293. The highest BCUT2D eigenvalue weighted by molar-refractivity contribution is 6.42. The number of aromatic nitrogens is 2. The molecule has 0 spiro atoms. The van der Waals surface area contributed by atoms with E-state index in [0.717, 1.165) is 6.42 Å². The Hall–Kier alpha value is -0.540. The van der Waals surface area contributed by atoms with Gasteiger partial charge in [-0.25, -0.2) is 0 Å². The Labute approximate surface area is 87.0 Å². The maximum atomic E-state index is 5.83. The third-order valence-electron chi connectivity index (χ3n) is 1.62. The number of hydrogen-bond acceptors (Lipinski definition) is 3. The zero-order valence-electron chi connectivity index (χ0n) is 7.42. The van der Waals surface area contributed by atoms with E-state index in [2.05, 4.69) is 10.2 Å². The summed E-state index contributed by atoms with van der Waals surface area (Å²) < 4.78 is 5.46. The van der Waals surface area contributed by atoms with Crippen LogP contribution in [0.2, 0.25) is 10.2 Å². The second kappa shape index (κ2) is 4.63. The van der Waals surface area contributed by atoms with Gasteiger partial charge in [0, 0.05) is 0 Å². The summed E-state index contributed by atoms with van der Waals surface area (Å²) >= 11 is 11.5. The molecule has 0 unspecified atom stereocenters. The molecule has 0 saturated heterocycles. The normalized spacial score (nSPS) is 12.6. The zero-order valence-corrected chi connectivity index (χ0v) is 8.93. The highest BCUT2D eigenvalue weighted by atomic mass is 35.5. The molecule has 3 nitrogen and oxygen atoms in total. The van der Waals surface area contributed by atoms with Crippen LogP contribution >= 0.6 is 23.2 Å². The standard InChI is InChI=1S/C8H10Cl2N2O/c1-3-5(2)13-6-4-11-12-8(10)7(6)9/h4-5H,3H2,1-2H3/t5-/m0/s1. The van der Waals surface area contributed by atoms with Crippen LogP contribution in [0.3, 0.4) is 0 Å². The fourth-order valence-corrected chi connectivity index (χ4v) is 0.984. The van der Waals surface area contributed by atoms with Gasteiger partial charge in [-0.15, -0.1) is 5.10 Å². The highest BCUT2D eigenvalue weighted by Crippen LogP contribution is 2.29. The van der Waals surface area contributed by atoms with Crippen LogP contribution in [0, 0.1) is 0 Å². The van der Waals surface area contributed by atoms with Crippen molar-refractivity contribution in [1.82, 2.24) is 10.2 Å². The fourth-order valence-electron chi connectivity index (χ4n) is 0.716. The van der Waals surface area contributed by atoms with E-state index in [-0.39, 0.29) is 11.3 Å². The molecule has 0 aliphatic rings. The minimum Gasteiger partial charge on any atom is -0.487 e. The SMILES string of the molecule is CC[C@H](C)Oc1cnnc(Cl)c1Cl. The number of hydrogen-bond donors (Lipinski definition) is 0. The molecule has 0 N–H and O–H groups in total. The van der Waals surface area contributed by atoms with Crippen LogP contribution < -0.4 is 4.74 Å². The van der Waals surface area contributed by atoms with Gasteiger partial charge in [0.15, 0.2) is 10.9 Å². The van der Waals surface area contributed by atoms with Crippen LogP contribution in [0.4, 0.5) is 0 Å². The second-order valence-corrected chi connectivity index (χ2v) is 3.39. The van der Waals surface area contributed by atoms with E-state index < -0.39 is 0 Å². The molecule has 0 amide bonds. The van der Waals surface area contributed by atoms with Crippen molar-refractivity contribution >= 4 is 23.2 Å². The van der Waals surface area contributed by atoms with Crippen molar-refractivity contribution in [2.24, 2.45) is 0 Å². The molecule has 13 heavy (non-hydrogen) atoms. The average Bonchev–Trinajstić information content (AvgIpc) is 2.13. The first-order valence-corrected chi connectivity index (χ1v) is 4.74. The predicted molar refractivity (Wildman–Crippen MR) is 52.4 cm³/mol. The molecule has 1 rings (SSSR count). The number of rotatable bonds is 3. The number of nitrogens with zero attached hydrogens (tertiary/aromatic N) is 2. The summed E-state index contributed by atoms with van der Waals surface area (Å²) in [5, 5.41) is 7.70. The third kappa shape index (κ3) is 2.71. The topological polar surface area (TPSA) is 35.0 Å². The van der Waals surface area contributed by atoms with Crippen molar-refractivity contribution < 1.29 is 4.74 Å². The zero-order chi connectivity index (χ0) is 9.84. The van der Waals surface area contributed by atoms with Crippen LogP contribution in [0.15, 0.2) is 6.20 Å². The minimum absolute atomic E-state index is 0.0952. The number of halogens is 2. The average molecular weight is 221 g/mol. The summed E-state index contributed by atoms with van der Waals surface area (Å²) in [5.74, 6) is 0.482. The first kappa shape index (κ1) is 10.5. The van der Waals surface area contributed by atoms with Crippen LogP contribution in [0.5, 0.6) is 5.75 Å². The summed E-state index contributed by atoms with van der Waals surface area (Å²) in [5.41, 5.74) is 0. The molecule has 0 fully saturated rings. The molecule has 72 valence electrons. The molecule has 1 aromatic heterocycles. The molecule has 0 saturated carbocycles. The molecule has 1 atom stereocenters. The van der Waals surface area contributed by atoms with E-state index in [1.54, 1.807) is 0 Å². The van der Waals surface area contributed by atoms with Crippen molar-refractivity contribution in [3.63, 3.8) is 0 Å². The Morgan fingerprint density at radius 1 is 1.54 bits per heavy atom. The third-order valence-corrected chi connectivity index (χ3v) is 2.35. The Morgan fingerprint density at radius 3 is 2.85 bits per heavy atom. The lowest BCUT2D eigenvalue weighted by Gasteiger charge is -2.12. The van der Waals surface area contributed by atoms with E-state index in [4.69, 9.17) is 27.9 Å². The van der Waals surface area contributed by atoms with Crippen molar-refractivity contribution in [2.45, 2.75) is 26.4 Å². The van der Waals surface area contributed by atoms with Crippen LogP contribution in [0.25, 0.3) is 0 Å². The van der Waals surface area contributed by atoms with Crippen LogP contribution in [-0.2, 0) is 0 Å². The molecule has 1 aromatic rings. The maximum Gasteiger partial charge on any atom is 0.174 e. The van der Waals surface area contributed by atoms with Gasteiger partial charge in [0.05, 0.1) is 12.3 Å². The Morgan fingerprint density at radius 2 is 2.23 bits per heavy atom. The van der Waals surface area contributed by atoms with Crippen LogP contribution in [0.1, 0.15) is 20.3 Å². The van der Waals surface area contributed by atoms with Crippen molar-refractivity contribution in [3.05, 3.63) is 16.4 Å². The van der Waals surface area contributed by atoms with Crippen molar-refractivity contribution in [2.75, 3.05) is 0 Å². The van der Waals surface area contributed by atoms with Crippen LogP contribution in [-0.4, -0.2) is 16.3 Å². The fraction of sp³-hybridized carbons (Fsp3) is 0.500. The lowest BCUT2D eigenvalue weighted by atomic mass is 10.3. The molecule has 5 heteroatoms. The first-order chi connectivity index (χ1) is 6.15. The molecule has 0 radical (unpaired) electrons. The molecule has 0 aromatic carbocycles. The van der Waals surface area contributed by atoms with E-state index in [0.29, 0.717) is 10.8 Å². The van der Waals surface area contributed by atoms with Gasteiger partial charge < -0.3 is 4.74 Å². The molecular formula is C8H10Cl2N2O. The Balaban J connectivity index is 2.83. The summed E-state index contributed by atoms with van der Waals surface area (Å²) in [4.78, 5) is 0. The lowest BCUT2D eigenvalue weighted by molar-refractivity contribution is 0.216. The lowest BCUT2D eigenvalue weighted by Crippen LogP contribution is -2.10. The maximum absolute atomic E-state index is 5.83. The summed E-state index contributed by atoms with van der Waals surface area (Å²) in [6, 6.07) is 0. The highest BCUT2D eigenvalue weighted by Gasteiger charge is 2.09. The van der Waals surface area contributed by atoms with E-state index in [1.807, 2.05) is 13.8 Å².